The van der Waals surface area contributed by atoms with Gasteiger partial charge in [-0.1, -0.05) is 0 Å². The molecular formula is C8H11N5S. The SMILES string of the molecule is Cc1csc(Cn2ncc(N)c2N)n1. The molecule has 0 aromatic carbocycles. The molecule has 2 aromatic heterocycles. The van der Waals surface area contributed by atoms with Gasteiger partial charge in [-0.2, -0.15) is 5.10 Å². The van der Waals surface area contributed by atoms with Crippen molar-refractivity contribution in [2.24, 2.45) is 0 Å². The Kier molecular flexibility index (Phi) is 2.12. The first-order chi connectivity index (χ1) is 6.66. The molecule has 0 bridgehead atoms. The molecule has 6 heteroatoms. The number of hydrogen-bond donors (Lipinski definition) is 2. The van der Waals surface area contributed by atoms with E-state index in [1.165, 1.54) is 0 Å². The summed E-state index contributed by atoms with van der Waals surface area (Å²) >= 11 is 1.59. The maximum atomic E-state index is 5.71. The molecule has 2 heterocycles. The van der Waals surface area contributed by atoms with Crippen LogP contribution in [0.5, 0.6) is 0 Å². The maximum absolute atomic E-state index is 5.71. The molecule has 2 rings (SSSR count). The van der Waals surface area contributed by atoms with Gasteiger partial charge in [-0.25, -0.2) is 9.67 Å². The third-order valence-corrected chi connectivity index (χ3v) is 2.81. The molecule has 0 amide bonds. The van der Waals surface area contributed by atoms with Crippen molar-refractivity contribution in [3.8, 4) is 0 Å². The first kappa shape index (κ1) is 9.01. The minimum atomic E-state index is 0.498. The molecule has 0 spiro atoms. The van der Waals surface area contributed by atoms with Crippen LogP contribution in [0.25, 0.3) is 0 Å². The van der Waals surface area contributed by atoms with Crippen LogP contribution in [-0.4, -0.2) is 14.8 Å². The van der Waals surface area contributed by atoms with Crippen molar-refractivity contribution in [1.29, 1.82) is 0 Å². The van der Waals surface area contributed by atoms with Gasteiger partial charge in [0.1, 0.15) is 10.8 Å². The second kappa shape index (κ2) is 3.30. The smallest absolute Gasteiger partial charge is 0.145 e. The van der Waals surface area contributed by atoms with Crippen LogP contribution >= 0.6 is 11.3 Å². The fourth-order valence-electron chi connectivity index (χ4n) is 1.14. The monoisotopic (exact) mass is 209 g/mol. The zero-order valence-electron chi connectivity index (χ0n) is 7.77. The Bertz CT molecular complexity index is 444. The Morgan fingerprint density at radius 3 is 2.79 bits per heavy atom. The van der Waals surface area contributed by atoms with Gasteiger partial charge in [0.05, 0.1) is 18.4 Å². The molecule has 0 radical (unpaired) electrons. The Hall–Kier alpha value is -1.56. The highest BCUT2D eigenvalue weighted by molar-refractivity contribution is 7.09. The van der Waals surface area contributed by atoms with Gasteiger partial charge in [0.25, 0.3) is 0 Å². The molecule has 0 saturated heterocycles. The number of anilines is 2. The third kappa shape index (κ3) is 1.56. The normalized spacial score (nSPS) is 10.6. The summed E-state index contributed by atoms with van der Waals surface area (Å²) in [5.41, 5.74) is 12.8. The van der Waals surface area contributed by atoms with Crippen LogP contribution in [-0.2, 0) is 6.54 Å². The number of nitrogen functional groups attached to an aromatic ring is 2. The molecule has 74 valence electrons. The highest BCUT2D eigenvalue weighted by atomic mass is 32.1. The zero-order valence-corrected chi connectivity index (χ0v) is 8.58. The standard InChI is InChI=1S/C8H11N5S/c1-5-4-14-7(12-5)3-13-8(10)6(9)2-11-13/h2,4H,3,9-10H2,1H3. The minimum absolute atomic E-state index is 0.498. The van der Waals surface area contributed by atoms with Gasteiger partial charge >= 0.3 is 0 Å². The van der Waals surface area contributed by atoms with Gasteiger partial charge in [0, 0.05) is 11.1 Å². The van der Waals surface area contributed by atoms with Crippen LogP contribution in [0.2, 0.25) is 0 Å². The number of hydrogen-bond acceptors (Lipinski definition) is 5. The molecule has 2 aromatic rings. The van der Waals surface area contributed by atoms with E-state index in [1.807, 2.05) is 12.3 Å². The number of thiazole rings is 1. The molecule has 0 aliphatic rings. The molecule has 0 aliphatic heterocycles. The lowest BCUT2D eigenvalue weighted by molar-refractivity contribution is 0.692. The summed E-state index contributed by atoms with van der Waals surface area (Å²) < 4.78 is 1.65. The van der Waals surface area contributed by atoms with Crippen molar-refractivity contribution in [2.45, 2.75) is 13.5 Å². The van der Waals surface area contributed by atoms with Crippen molar-refractivity contribution in [3.63, 3.8) is 0 Å². The summed E-state index contributed by atoms with van der Waals surface area (Å²) in [5.74, 6) is 0.498. The van der Waals surface area contributed by atoms with Gasteiger partial charge in [-0.3, -0.25) is 0 Å². The predicted molar refractivity (Wildman–Crippen MR) is 57.0 cm³/mol. The van der Waals surface area contributed by atoms with E-state index in [4.69, 9.17) is 11.5 Å². The fraction of sp³-hybridized carbons (Fsp3) is 0.250. The second-order valence-electron chi connectivity index (χ2n) is 3.03. The van der Waals surface area contributed by atoms with E-state index in [0.29, 0.717) is 18.1 Å². The zero-order chi connectivity index (χ0) is 10.1. The van der Waals surface area contributed by atoms with Gasteiger partial charge in [0.2, 0.25) is 0 Å². The molecule has 0 fully saturated rings. The molecule has 0 aliphatic carbocycles. The van der Waals surface area contributed by atoms with Gasteiger partial charge in [-0.15, -0.1) is 11.3 Å². The minimum Gasteiger partial charge on any atom is -0.394 e. The topological polar surface area (TPSA) is 82.8 Å². The second-order valence-corrected chi connectivity index (χ2v) is 3.97. The van der Waals surface area contributed by atoms with Crippen LogP contribution in [0.4, 0.5) is 11.5 Å². The summed E-state index contributed by atoms with van der Waals surface area (Å²) in [6.07, 6.45) is 1.55. The molecular weight excluding hydrogens is 198 g/mol. The van der Waals surface area contributed by atoms with E-state index in [0.717, 1.165) is 10.7 Å². The molecule has 0 unspecified atom stereocenters. The first-order valence-electron chi connectivity index (χ1n) is 4.14. The molecule has 4 N–H and O–H groups in total. The quantitative estimate of drug-likeness (QED) is 0.768. The van der Waals surface area contributed by atoms with Crippen LogP contribution < -0.4 is 11.5 Å². The molecule has 5 nitrogen and oxygen atoms in total. The fourth-order valence-corrected chi connectivity index (χ4v) is 1.89. The van der Waals surface area contributed by atoms with E-state index in [9.17, 15) is 0 Å². The number of rotatable bonds is 2. The van der Waals surface area contributed by atoms with E-state index in [2.05, 4.69) is 10.1 Å². The van der Waals surface area contributed by atoms with Gasteiger partial charge in [0.15, 0.2) is 0 Å². The van der Waals surface area contributed by atoms with Crippen molar-refractivity contribution < 1.29 is 0 Å². The van der Waals surface area contributed by atoms with E-state index >= 15 is 0 Å². The number of aromatic nitrogens is 3. The third-order valence-electron chi connectivity index (χ3n) is 1.86. The van der Waals surface area contributed by atoms with E-state index in [-0.39, 0.29) is 0 Å². The Balaban J connectivity index is 2.22. The lowest BCUT2D eigenvalue weighted by Crippen LogP contribution is -2.06. The highest BCUT2D eigenvalue weighted by Crippen LogP contribution is 2.16. The lowest BCUT2D eigenvalue weighted by Gasteiger charge is -2.00. The van der Waals surface area contributed by atoms with E-state index in [1.54, 1.807) is 22.2 Å². The Morgan fingerprint density at radius 2 is 2.29 bits per heavy atom. The number of nitrogens with two attached hydrogens (primary N) is 2. The Labute approximate surface area is 85.4 Å². The predicted octanol–water partition coefficient (Wildman–Crippen LogP) is 0.861. The summed E-state index contributed by atoms with van der Waals surface area (Å²) in [5, 5.41) is 7.04. The van der Waals surface area contributed by atoms with E-state index < -0.39 is 0 Å². The van der Waals surface area contributed by atoms with Crippen LogP contribution in [0.1, 0.15) is 10.7 Å². The molecule has 14 heavy (non-hydrogen) atoms. The summed E-state index contributed by atoms with van der Waals surface area (Å²) in [4.78, 5) is 4.32. The van der Waals surface area contributed by atoms with Crippen molar-refractivity contribution in [2.75, 3.05) is 11.5 Å². The summed E-state index contributed by atoms with van der Waals surface area (Å²) in [7, 11) is 0. The summed E-state index contributed by atoms with van der Waals surface area (Å²) in [6, 6.07) is 0. The van der Waals surface area contributed by atoms with Crippen molar-refractivity contribution >= 4 is 22.8 Å². The lowest BCUT2D eigenvalue weighted by atomic mass is 10.5. The highest BCUT2D eigenvalue weighted by Gasteiger charge is 2.06. The summed E-state index contributed by atoms with van der Waals surface area (Å²) in [6.45, 7) is 2.54. The van der Waals surface area contributed by atoms with Crippen molar-refractivity contribution in [3.05, 3.63) is 22.3 Å². The van der Waals surface area contributed by atoms with Gasteiger partial charge in [-0.05, 0) is 6.92 Å². The average Bonchev–Trinajstić information content (AvgIpc) is 2.67. The average molecular weight is 209 g/mol. The van der Waals surface area contributed by atoms with Crippen molar-refractivity contribution in [1.82, 2.24) is 14.8 Å². The first-order valence-corrected chi connectivity index (χ1v) is 5.02. The Morgan fingerprint density at radius 1 is 1.50 bits per heavy atom. The maximum Gasteiger partial charge on any atom is 0.145 e. The van der Waals surface area contributed by atoms with Crippen LogP contribution in [0.15, 0.2) is 11.6 Å². The number of aryl methyl sites for hydroxylation is 1. The van der Waals surface area contributed by atoms with Crippen LogP contribution in [0, 0.1) is 6.92 Å². The van der Waals surface area contributed by atoms with Crippen LogP contribution in [0.3, 0.4) is 0 Å². The molecule has 0 saturated carbocycles. The molecule has 0 atom stereocenters. The largest absolute Gasteiger partial charge is 0.394 e. The number of nitrogens with zero attached hydrogens (tertiary/aromatic N) is 3. The van der Waals surface area contributed by atoms with Gasteiger partial charge < -0.3 is 11.5 Å².